The predicted molar refractivity (Wildman–Crippen MR) is 119 cm³/mol. The van der Waals surface area contributed by atoms with Crippen LogP contribution in [0.5, 0.6) is 23.0 Å². The minimum absolute atomic E-state index is 0.0468. The molecular weight excluding hydrogens is 380 g/mol. The summed E-state index contributed by atoms with van der Waals surface area (Å²) in [6, 6.07) is 1.76. The zero-order chi connectivity index (χ0) is 22.3. The van der Waals surface area contributed by atoms with Crippen molar-refractivity contribution in [3.05, 3.63) is 11.6 Å². The maximum Gasteiger partial charge on any atom is 0.170 e. The van der Waals surface area contributed by atoms with Crippen LogP contribution >= 0.6 is 0 Å². The summed E-state index contributed by atoms with van der Waals surface area (Å²) in [6.07, 6.45) is 5.20. The van der Waals surface area contributed by atoms with E-state index in [2.05, 4.69) is 27.7 Å². The average molecular weight is 421 g/mol. The van der Waals surface area contributed by atoms with Crippen LogP contribution in [0, 0.1) is 28.6 Å². The number of hydrogen-bond acceptors (Lipinski definition) is 5. The second-order valence-corrected chi connectivity index (χ2v) is 10.2. The van der Waals surface area contributed by atoms with Crippen LogP contribution in [0.3, 0.4) is 0 Å². The van der Waals surface area contributed by atoms with Crippen LogP contribution in [0.15, 0.2) is 6.07 Å². The maximum atomic E-state index is 12.0. The van der Waals surface area contributed by atoms with E-state index in [-0.39, 0.29) is 16.7 Å². The molecule has 1 aromatic carbocycles. The molecule has 1 N–H and O–H groups in total. The average Bonchev–Trinajstić information content (AvgIpc) is 2.70. The Morgan fingerprint density at radius 1 is 0.900 bits per heavy atom. The van der Waals surface area contributed by atoms with E-state index in [0.717, 1.165) is 12.8 Å². The van der Waals surface area contributed by atoms with Crippen molar-refractivity contribution in [2.24, 2.45) is 28.6 Å². The van der Waals surface area contributed by atoms with Crippen molar-refractivity contribution in [3.8, 4) is 23.0 Å². The highest BCUT2D eigenvalue weighted by Crippen LogP contribution is 2.64. The van der Waals surface area contributed by atoms with Gasteiger partial charge in [0.05, 0.1) is 40.1 Å². The molecule has 0 radical (unpaired) electrons. The molecule has 1 aromatic rings. The first-order valence-corrected chi connectivity index (χ1v) is 11.2. The Hall–Kier alpha value is -1.62. The normalized spacial score (nSPS) is 31.4. The smallest absolute Gasteiger partial charge is 0.170 e. The van der Waals surface area contributed by atoms with Crippen LogP contribution in [-0.4, -0.2) is 33.5 Å². The molecule has 2 saturated carbocycles. The van der Waals surface area contributed by atoms with Crippen molar-refractivity contribution in [2.75, 3.05) is 28.4 Å². The largest absolute Gasteiger partial charge is 0.493 e. The molecule has 0 spiro atoms. The number of aliphatic hydroxyl groups excluding tert-OH is 1. The van der Waals surface area contributed by atoms with Crippen LogP contribution in [0.2, 0.25) is 0 Å². The van der Waals surface area contributed by atoms with Gasteiger partial charge in [0, 0.05) is 6.07 Å². The number of hydrogen-bond donors (Lipinski definition) is 1. The first-order chi connectivity index (χ1) is 14.2. The van der Waals surface area contributed by atoms with Crippen molar-refractivity contribution in [1.29, 1.82) is 0 Å². The fraction of sp³-hybridized carbons (Fsp3) is 0.760. The fourth-order valence-electron chi connectivity index (χ4n) is 7.01. The van der Waals surface area contributed by atoms with Crippen LogP contribution in [-0.2, 0) is 0 Å². The summed E-state index contributed by atoms with van der Waals surface area (Å²) in [6.45, 7) is 9.50. The standard InChI is InChI=1S/C25H40O5/c1-15-10-11-18-24(2,3)12-9-13-25(18,4)20(15)21(26)19-22(29-7)16(27-5)14-17(28-6)23(19)30-8/h14-15,18,20-21,26H,9-13H2,1-8H3/t15-,18-,20+,21+,25-/m0/s1. The number of fused-ring (bicyclic) bond motifs is 1. The molecule has 2 aliphatic carbocycles. The van der Waals surface area contributed by atoms with E-state index in [1.807, 2.05) is 0 Å². The summed E-state index contributed by atoms with van der Waals surface area (Å²) in [5.74, 6) is 3.19. The number of rotatable bonds is 6. The first kappa shape index (κ1) is 23.1. The molecule has 2 fully saturated rings. The van der Waals surface area contributed by atoms with Gasteiger partial charge in [-0.2, -0.15) is 0 Å². The quantitative estimate of drug-likeness (QED) is 0.646. The van der Waals surface area contributed by atoms with Crippen molar-refractivity contribution in [1.82, 2.24) is 0 Å². The molecule has 30 heavy (non-hydrogen) atoms. The topological polar surface area (TPSA) is 57.2 Å². The molecule has 5 atom stereocenters. The van der Waals surface area contributed by atoms with E-state index in [4.69, 9.17) is 18.9 Å². The lowest BCUT2D eigenvalue weighted by atomic mass is 9.45. The van der Waals surface area contributed by atoms with Gasteiger partial charge in [-0.15, -0.1) is 0 Å². The molecule has 0 heterocycles. The zero-order valence-electron chi connectivity index (χ0n) is 20.0. The van der Waals surface area contributed by atoms with Gasteiger partial charge in [-0.25, -0.2) is 0 Å². The number of benzene rings is 1. The molecule has 0 bridgehead atoms. The minimum Gasteiger partial charge on any atom is -0.493 e. The summed E-state index contributed by atoms with van der Waals surface area (Å²) in [5, 5.41) is 12.0. The van der Waals surface area contributed by atoms with Crippen molar-refractivity contribution < 1.29 is 24.1 Å². The van der Waals surface area contributed by atoms with E-state index in [0.29, 0.717) is 40.4 Å². The lowest BCUT2D eigenvalue weighted by molar-refractivity contribution is -0.135. The highest BCUT2D eigenvalue weighted by molar-refractivity contribution is 5.62. The van der Waals surface area contributed by atoms with Gasteiger partial charge in [-0.3, -0.25) is 0 Å². The molecule has 5 heteroatoms. The maximum absolute atomic E-state index is 12.0. The monoisotopic (exact) mass is 420 g/mol. The number of aliphatic hydroxyl groups is 1. The molecule has 0 amide bonds. The third kappa shape index (κ3) is 3.53. The Balaban J connectivity index is 2.18. The Morgan fingerprint density at radius 2 is 1.47 bits per heavy atom. The van der Waals surface area contributed by atoms with Crippen LogP contribution in [0.1, 0.15) is 71.5 Å². The zero-order valence-corrected chi connectivity index (χ0v) is 20.0. The third-order valence-corrected chi connectivity index (χ3v) is 8.24. The highest BCUT2D eigenvalue weighted by atomic mass is 16.5. The second kappa shape index (κ2) is 8.49. The SMILES string of the molecule is COc1cc(OC)c(OC)c([C@@H](O)[C@H]2[C@@H](C)CC[C@H]3C(C)(C)CCC[C@]23C)c1OC. The lowest BCUT2D eigenvalue weighted by Gasteiger charge is -2.60. The van der Waals surface area contributed by atoms with Crippen LogP contribution < -0.4 is 18.9 Å². The van der Waals surface area contributed by atoms with Gasteiger partial charge in [0.25, 0.3) is 0 Å². The Morgan fingerprint density at radius 3 is 1.97 bits per heavy atom. The van der Waals surface area contributed by atoms with Gasteiger partial charge in [0.1, 0.15) is 0 Å². The van der Waals surface area contributed by atoms with Crippen molar-refractivity contribution in [3.63, 3.8) is 0 Å². The molecular formula is C25H40O5. The molecule has 5 nitrogen and oxygen atoms in total. The van der Waals surface area contributed by atoms with E-state index >= 15 is 0 Å². The third-order valence-electron chi connectivity index (χ3n) is 8.24. The molecule has 2 aliphatic rings. The van der Waals surface area contributed by atoms with Gasteiger partial charge >= 0.3 is 0 Å². The number of ether oxygens (including phenoxy) is 4. The summed E-state index contributed by atoms with van der Waals surface area (Å²) in [4.78, 5) is 0. The van der Waals surface area contributed by atoms with E-state index in [1.165, 1.54) is 19.3 Å². The molecule has 0 aromatic heterocycles. The summed E-state index contributed by atoms with van der Waals surface area (Å²) in [5.41, 5.74) is 0.967. The Labute approximate surface area is 182 Å². The Bertz CT molecular complexity index is 728. The fourth-order valence-corrected chi connectivity index (χ4v) is 7.01. The van der Waals surface area contributed by atoms with Crippen LogP contribution in [0.4, 0.5) is 0 Å². The van der Waals surface area contributed by atoms with Crippen LogP contribution in [0.25, 0.3) is 0 Å². The molecule has 0 unspecified atom stereocenters. The van der Waals surface area contributed by atoms with Gasteiger partial charge in [-0.1, -0.05) is 40.5 Å². The van der Waals surface area contributed by atoms with E-state index in [9.17, 15) is 5.11 Å². The minimum atomic E-state index is -0.740. The first-order valence-electron chi connectivity index (χ1n) is 11.2. The highest BCUT2D eigenvalue weighted by Gasteiger charge is 2.56. The van der Waals surface area contributed by atoms with Gasteiger partial charge < -0.3 is 24.1 Å². The van der Waals surface area contributed by atoms with Crippen molar-refractivity contribution >= 4 is 0 Å². The summed E-state index contributed by atoms with van der Waals surface area (Å²) < 4.78 is 22.6. The second-order valence-electron chi connectivity index (χ2n) is 10.2. The predicted octanol–water partition coefficient (Wildman–Crippen LogP) is 5.63. The summed E-state index contributed by atoms with van der Waals surface area (Å²) in [7, 11) is 6.42. The van der Waals surface area contributed by atoms with E-state index in [1.54, 1.807) is 34.5 Å². The lowest BCUT2D eigenvalue weighted by Crippen LogP contribution is -2.52. The van der Waals surface area contributed by atoms with Gasteiger partial charge in [0.2, 0.25) is 0 Å². The molecule has 3 rings (SSSR count). The Kier molecular flexibility index (Phi) is 6.52. The summed E-state index contributed by atoms with van der Waals surface area (Å²) >= 11 is 0. The van der Waals surface area contributed by atoms with Gasteiger partial charge in [-0.05, 0) is 47.8 Å². The molecule has 0 aliphatic heterocycles. The van der Waals surface area contributed by atoms with Crippen molar-refractivity contribution in [2.45, 2.75) is 65.9 Å². The van der Waals surface area contributed by atoms with Gasteiger partial charge in [0.15, 0.2) is 23.0 Å². The number of methoxy groups -OCH3 is 4. The molecule has 0 saturated heterocycles. The molecule has 170 valence electrons. The van der Waals surface area contributed by atoms with E-state index < -0.39 is 6.10 Å².